The average Bonchev–Trinajstić information content (AvgIpc) is 2.66. The first-order chi connectivity index (χ1) is 12.8. The van der Waals surface area contributed by atoms with Crippen LogP contribution >= 0.6 is 11.6 Å². The molecule has 0 aliphatic carbocycles. The van der Waals surface area contributed by atoms with E-state index in [1.54, 1.807) is 26.0 Å². The summed E-state index contributed by atoms with van der Waals surface area (Å²) in [5.74, 6) is -2.16. The quantitative estimate of drug-likeness (QED) is 0.377. The second kappa shape index (κ2) is 9.01. The van der Waals surface area contributed by atoms with Crippen molar-refractivity contribution in [2.24, 2.45) is 0 Å². The summed E-state index contributed by atoms with van der Waals surface area (Å²) >= 11 is 6.02. The van der Waals surface area contributed by atoms with Crippen LogP contribution in [0.1, 0.15) is 25.3 Å². The minimum atomic E-state index is -1.12. The molecule has 1 aromatic rings. The summed E-state index contributed by atoms with van der Waals surface area (Å²) in [5, 5.41) is 22.5. The van der Waals surface area contributed by atoms with Gasteiger partial charge in [0.1, 0.15) is 0 Å². The third kappa shape index (κ3) is 4.30. The number of alkyl halides is 1. The molecule has 2 atom stereocenters. The van der Waals surface area contributed by atoms with Crippen LogP contribution < -0.4 is 10.5 Å². The summed E-state index contributed by atoms with van der Waals surface area (Å²) < 4.78 is 10.0. The number of benzene rings is 1. The highest BCUT2D eigenvalue weighted by atomic mass is 35.5. The van der Waals surface area contributed by atoms with Gasteiger partial charge in [0.05, 0.1) is 36.7 Å². The summed E-state index contributed by atoms with van der Waals surface area (Å²) in [6.07, 6.45) is 0. The van der Waals surface area contributed by atoms with E-state index in [1.165, 1.54) is 19.2 Å². The number of dihydropyridines is 1. The van der Waals surface area contributed by atoms with Gasteiger partial charge in [0.25, 0.3) is 0 Å². The second-order valence-corrected chi connectivity index (χ2v) is 6.03. The number of rotatable bonds is 6. The first-order valence-electron chi connectivity index (χ1n) is 8.21. The number of quaternary nitrogens is 1. The Morgan fingerprint density at radius 2 is 2.04 bits per heavy atom. The van der Waals surface area contributed by atoms with Crippen LogP contribution in [-0.2, 0) is 19.1 Å². The van der Waals surface area contributed by atoms with Gasteiger partial charge in [-0.2, -0.15) is 5.23 Å². The van der Waals surface area contributed by atoms with Gasteiger partial charge in [0, 0.05) is 23.5 Å². The fourth-order valence-electron chi connectivity index (χ4n) is 3.02. The van der Waals surface area contributed by atoms with Gasteiger partial charge in [0.2, 0.25) is 0 Å². The molecule has 1 aliphatic heterocycles. The van der Waals surface area contributed by atoms with E-state index in [9.17, 15) is 20.0 Å². The Morgan fingerprint density at radius 3 is 2.59 bits per heavy atom. The van der Waals surface area contributed by atoms with Gasteiger partial charge in [-0.1, -0.05) is 12.1 Å². The first-order valence-corrected chi connectivity index (χ1v) is 8.74. The minimum Gasteiger partial charge on any atom is -0.595 e. The summed E-state index contributed by atoms with van der Waals surface area (Å²) in [5.41, 5.74) is 1.69. The number of allylic oxidation sites excluding steroid dienone is 2. The van der Waals surface area contributed by atoms with Crippen molar-refractivity contribution in [3.8, 4) is 0 Å². The van der Waals surface area contributed by atoms with Crippen LogP contribution in [0.15, 0.2) is 46.8 Å². The molecule has 27 heavy (non-hydrogen) atoms. The monoisotopic (exact) mass is 396 g/mol. The van der Waals surface area contributed by atoms with Crippen molar-refractivity contribution in [2.75, 3.05) is 19.6 Å². The van der Waals surface area contributed by atoms with E-state index in [2.05, 4.69) is 5.32 Å². The largest absolute Gasteiger partial charge is 0.595 e. The van der Waals surface area contributed by atoms with Crippen molar-refractivity contribution in [3.05, 3.63) is 57.6 Å². The lowest BCUT2D eigenvalue weighted by atomic mass is 9.80. The van der Waals surface area contributed by atoms with Crippen LogP contribution in [0.4, 0.5) is 5.69 Å². The lowest BCUT2D eigenvalue weighted by Crippen LogP contribution is -2.99. The number of methoxy groups -OCH3 is 1. The Bertz CT molecular complexity index is 803. The highest BCUT2D eigenvalue weighted by molar-refractivity contribution is 6.20. The lowest BCUT2D eigenvalue weighted by Gasteiger charge is -2.31. The van der Waals surface area contributed by atoms with Crippen molar-refractivity contribution < 1.29 is 29.5 Å². The zero-order valence-corrected chi connectivity index (χ0v) is 15.9. The van der Waals surface area contributed by atoms with Crippen molar-refractivity contribution in [1.29, 1.82) is 0 Å². The molecule has 3 N–H and O–H groups in total. The summed E-state index contributed by atoms with van der Waals surface area (Å²) in [6, 6.07) is 6.04. The maximum absolute atomic E-state index is 12.7. The number of carbonyl (C=O) groups is 2. The number of carbonyl (C=O) groups excluding carboxylic acids is 2. The molecular weight excluding hydrogens is 376 g/mol. The number of ether oxygens (including phenoxy) is 2. The van der Waals surface area contributed by atoms with Gasteiger partial charge >= 0.3 is 11.9 Å². The molecule has 1 aliphatic rings. The van der Waals surface area contributed by atoms with E-state index in [4.69, 9.17) is 21.1 Å². The van der Waals surface area contributed by atoms with Gasteiger partial charge in [-0.15, -0.1) is 11.6 Å². The molecule has 0 amide bonds. The lowest BCUT2D eigenvalue weighted by molar-refractivity contribution is -0.991. The predicted octanol–water partition coefficient (Wildman–Crippen LogP) is 1.28. The van der Waals surface area contributed by atoms with Gasteiger partial charge in [0.15, 0.2) is 5.69 Å². The van der Waals surface area contributed by atoms with Crippen LogP contribution in [-0.4, -0.2) is 36.7 Å². The van der Waals surface area contributed by atoms with Gasteiger partial charge in [-0.3, -0.25) is 0 Å². The molecule has 0 bridgehead atoms. The molecule has 0 saturated carbocycles. The van der Waals surface area contributed by atoms with Gasteiger partial charge < -0.3 is 20.0 Å². The Kier molecular flexibility index (Phi) is 6.98. The van der Waals surface area contributed by atoms with Crippen LogP contribution in [0.2, 0.25) is 0 Å². The standard InChI is InChI=1S/C18H21ClN2O6/c1-4-27-18(23)16-13(9-19)20-10(2)14(17(22)26-3)15(16)11-6-5-7-12(8-11)21(24)25/h5-8,15,20-21,24H,4,9H2,1-3H3/t15-/m1/s1. The van der Waals surface area contributed by atoms with Crippen LogP contribution in [0.3, 0.4) is 0 Å². The SMILES string of the molecule is CCOC(=O)C1=C(CCl)NC(C)=C(C(=O)OC)[C@H]1c1cccc([NH+]([O-])O)c1. The summed E-state index contributed by atoms with van der Waals surface area (Å²) in [7, 11) is 1.23. The summed E-state index contributed by atoms with van der Waals surface area (Å²) in [4.78, 5) is 25.1. The normalized spacial score (nSPS) is 18.1. The number of nitrogens with one attached hydrogen (secondary N) is 2. The van der Waals surface area contributed by atoms with Crippen molar-refractivity contribution in [2.45, 2.75) is 19.8 Å². The van der Waals surface area contributed by atoms with E-state index in [0.717, 1.165) is 0 Å². The van der Waals surface area contributed by atoms with Crippen LogP contribution in [0.5, 0.6) is 0 Å². The molecule has 0 radical (unpaired) electrons. The number of hydrogen-bond donors (Lipinski definition) is 3. The zero-order valence-electron chi connectivity index (χ0n) is 15.2. The Hall–Kier alpha value is -2.39. The van der Waals surface area contributed by atoms with E-state index in [0.29, 0.717) is 17.0 Å². The maximum atomic E-state index is 12.7. The first kappa shape index (κ1) is 20.9. The van der Waals surface area contributed by atoms with Crippen LogP contribution in [0.25, 0.3) is 0 Å². The molecule has 0 fully saturated rings. The van der Waals surface area contributed by atoms with Crippen molar-refractivity contribution in [3.63, 3.8) is 0 Å². The number of halogens is 1. The Balaban J connectivity index is 2.73. The molecule has 146 valence electrons. The zero-order chi connectivity index (χ0) is 20.1. The molecule has 0 aromatic heterocycles. The van der Waals surface area contributed by atoms with E-state index < -0.39 is 23.1 Å². The van der Waals surface area contributed by atoms with Crippen molar-refractivity contribution >= 4 is 29.2 Å². The third-order valence-corrected chi connectivity index (χ3v) is 4.41. The topological polar surface area (TPSA) is 112 Å². The average molecular weight is 397 g/mol. The fraction of sp³-hybridized carbons (Fsp3) is 0.333. The van der Waals surface area contributed by atoms with Gasteiger partial charge in [-0.25, -0.2) is 14.8 Å². The molecule has 2 rings (SSSR count). The molecule has 8 nitrogen and oxygen atoms in total. The second-order valence-electron chi connectivity index (χ2n) is 5.77. The molecule has 1 heterocycles. The molecular formula is C18H21ClN2O6. The fourth-order valence-corrected chi connectivity index (χ4v) is 3.23. The van der Waals surface area contributed by atoms with E-state index >= 15 is 0 Å². The third-order valence-electron chi connectivity index (χ3n) is 4.15. The highest BCUT2D eigenvalue weighted by Gasteiger charge is 2.38. The predicted molar refractivity (Wildman–Crippen MR) is 97.2 cm³/mol. The van der Waals surface area contributed by atoms with Crippen LogP contribution in [0, 0.1) is 5.21 Å². The van der Waals surface area contributed by atoms with Gasteiger partial charge in [-0.05, 0) is 19.4 Å². The number of esters is 2. The Labute approximate surface area is 161 Å². The number of hydrogen-bond acceptors (Lipinski definition) is 7. The smallest absolute Gasteiger partial charge is 0.336 e. The molecule has 1 aromatic carbocycles. The van der Waals surface area contributed by atoms with E-state index in [-0.39, 0.29) is 29.3 Å². The van der Waals surface area contributed by atoms with E-state index in [1.807, 2.05) is 0 Å². The van der Waals surface area contributed by atoms with Crippen molar-refractivity contribution in [1.82, 2.24) is 5.32 Å². The minimum absolute atomic E-state index is 0.0188. The molecule has 0 spiro atoms. The molecule has 1 unspecified atom stereocenters. The molecule has 0 saturated heterocycles. The Morgan fingerprint density at radius 1 is 1.33 bits per heavy atom. The summed E-state index contributed by atoms with van der Waals surface area (Å²) in [6.45, 7) is 3.46. The highest BCUT2D eigenvalue weighted by Crippen LogP contribution is 2.39. The maximum Gasteiger partial charge on any atom is 0.336 e. The molecule has 9 heteroatoms.